The van der Waals surface area contributed by atoms with Crippen LogP contribution < -0.4 is 0 Å². The van der Waals surface area contributed by atoms with Crippen molar-refractivity contribution >= 4 is 45.0 Å². The van der Waals surface area contributed by atoms with Crippen LogP contribution in [0.4, 0.5) is 0 Å². The third kappa shape index (κ3) is 2.28. The van der Waals surface area contributed by atoms with Gasteiger partial charge in [-0.25, -0.2) is 18.4 Å². The molecule has 1 aromatic heterocycles. The van der Waals surface area contributed by atoms with Crippen LogP contribution in [0.15, 0.2) is 69.5 Å². The fraction of sp³-hybridized carbons (Fsp3) is 0. The second kappa shape index (κ2) is 5.24. The van der Waals surface area contributed by atoms with E-state index in [2.05, 4.69) is 9.97 Å². The highest BCUT2D eigenvalue weighted by molar-refractivity contribution is 8.25. The van der Waals surface area contributed by atoms with E-state index < -0.39 is 10.0 Å². The Hall–Kier alpha value is -1.61. The molecule has 0 spiro atoms. The van der Waals surface area contributed by atoms with Gasteiger partial charge in [0.2, 0.25) is 0 Å². The highest BCUT2D eigenvalue weighted by Gasteiger charge is 2.35. The maximum atomic E-state index is 12.6. The summed E-state index contributed by atoms with van der Waals surface area (Å²) in [5.41, 5.74) is 1.52. The lowest BCUT2D eigenvalue weighted by Gasteiger charge is -2.11. The second-order valence-corrected chi connectivity index (χ2v) is 8.87. The van der Waals surface area contributed by atoms with Crippen molar-refractivity contribution in [1.82, 2.24) is 13.1 Å². The molecule has 0 bridgehead atoms. The third-order valence-electron chi connectivity index (χ3n) is 3.07. The van der Waals surface area contributed by atoms with Gasteiger partial charge >= 0.3 is 0 Å². The zero-order valence-corrected chi connectivity index (χ0v) is 13.5. The van der Waals surface area contributed by atoms with E-state index >= 15 is 0 Å². The average molecular weight is 347 g/mol. The van der Waals surface area contributed by atoms with Crippen LogP contribution in [0.3, 0.4) is 0 Å². The molecule has 0 saturated heterocycles. The van der Waals surface area contributed by atoms with Crippen LogP contribution in [0.25, 0.3) is 11.0 Å². The van der Waals surface area contributed by atoms with Crippen molar-refractivity contribution in [2.75, 3.05) is 0 Å². The number of benzene rings is 2. The molecule has 1 aliphatic rings. The molecule has 0 N–H and O–H groups in total. The number of hydrogen-bond acceptors (Lipinski definition) is 6. The summed E-state index contributed by atoms with van der Waals surface area (Å²) >= 11 is 2.18. The molecule has 2 aromatic carbocycles. The first-order chi connectivity index (χ1) is 10.6. The Bertz CT molecular complexity index is 917. The number of rotatable bonds is 2. The van der Waals surface area contributed by atoms with Crippen molar-refractivity contribution in [2.24, 2.45) is 0 Å². The Kier molecular flexibility index (Phi) is 3.33. The fourth-order valence-corrected chi connectivity index (χ4v) is 6.03. The molecule has 8 heteroatoms. The zero-order chi connectivity index (χ0) is 15.2. The van der Waals surface area contributed by atoms with Crippen molar-refractivity contribution in [2.45, 2.75) is 14.9 Å². The Labute approximate surface area is 136 Å². The van der Waals surface area contributed by atoms with E-state index in [-0.39, 0.29) is 4.90 Å². The second-order valence-electron chi connectivity index (χ2n) is 4.52. The van der Waals surface area contributed by atoms with E-state index in [1.54, 1.807) is 30.3 Å². The van der Waals surface area contributed by atoms with Gasteiger partial charge in [0.05, 0.1) is 15.9 Å². The topological polar surface area (TPSA) is 63.2 Å². The highest BCUT2D eigenvalue weighted by Crippen LogP contribution is 2.48. The SMILES string of the molecule is O=S(=O)(c1ccccc1)N1Sc2nc3ccccc3nc2S1. The summed E-state index contributed by atoms with van der Waals surface area (Å²) in [5.74, 6) is 0. The predicted octanol–water partition coefficient (Wildman–Crippen LogP) is 3.35. The Morgan fingerprint density at radius 3 is 1.82 bits per heavy atom. The number of nitrogens with zero attached hydrogens (tertiary/aromatic N) is 3. The monoisotopic (exact) mass is 347 g/mol. The quantitative estimate of drug-likeness (QED) is 0.663. The molecule has 22 heavy (non-hydrogen) atoms. The normalized spacial score (nSPS) is 15.1. The molecule has 0 amide bonds. The van der Waals surface area contributed by atoms with E-state index in [4.69, 9.17) is 0 Å². The van der Waals surface area contributed by atoms with Gasteiger partial charge in [-0.05, 0) is 24.3 Å². The number of hydrogen-bond donors (Lipinski definition) is 0. The van der Waals surface area contributed by atoms with E-state index in [1.165, 1.54) is 3.12 Å². The number of sulfonamides is 1. The Morgan fingerprint density at radius 2 is 1.27 bits per heavy atom. The van der Waals surface area contributed by atoms with Crippen LogP contribution in [0.2, 0.25) is 0 Å². The Morgan fingerprint density at radius 1 is 0.773 bits per heavy atom. The van der Waals surface area contributed by atoms with Crippen molar-refractivity contribution in [3.8, 4) is 0 Å². The van der Waals surface area contributed by atoms with E-state index in [9.17, 15) is 8.42 Å². The summed E-state index contributed by atoms with van der Waals surface area (Å²) in [5, 5.41) is 1.23. The lowest BCUT2D eigenvalue weighted by molar-refractivity contribution is 0.583. The van der Waals surface area contributed by atoms with Crippen LogP contribution in [0.5, 0.6) is 0 Å². The lowest BCUT2D eigenvalue weighted by Crippen LogP contribution is -2.15. The van der Waals surface area contributed by atoms with Crippen molar-refractivity contribution in [1.29, 1.82) is 0 Å². The molecular weight excluding hydrogens is 338 g/mol. The van der Waals surface area contributed by atoms with E-state index in [0.29, 0.717) is 10.1 Å². The summed E-state index contributed by atoms with van der Waals surface area (Å²) in [7, 11) is -3.59. The van der Waals surface area contributed by atoms with Gasteiger partial charge in [0.15, 0.2) is 0 Å². The van der Waals surface area contributed by atoms with Gasteiger partial charge in [-0.1, -0.05) is 33.4 Å². The number of aromatic nitrogens is 2. The molecule has 0 radical (unpaired) electrons. The van der Waals surface area contributed by atoms with Crippen molar-refractivity contribution in [3.63, 3.8) is 0 Å². The highest BCUT2D eigenvalue weighted by atomic mass is 32.3. The minimum Gasteiger partial charge on any atom is -0.236 e. The molecule has 0 atom stereocenters. The van der Waals surface area contributed by atoms with Crippen LogP contribution in [-0.4, -0.2) is 21.5 Å². The standard InChI is InChI=1S/C14H9N3O2S3/c18-22(19,10-6-2-1-3-7-10)17-20-13-14(21-17)16-12-9-5-4-8-11(12)15-13/h1-9H. The summed E-state index contributed by atoms with van der Waals surface area (Å²) in [4.78, 5) is 9.23. The lowest BCUT2D eigenvalue weighted by atomic mass is 10.3. The summed E-state index contributed by atoms with van der Waals surface area (Å²) < 4.78 is 26.5. The first-order valence-electron chi connectivity index (χ1n) is 6.38. The molecule has 4 rings (SSSR count). The molecule has 0 aliphatic carbocycles. The molecule has 1 aliphatic heterocycles. The van der Waals surface area contributed by atoms with Gasteiger partial charge in [0.25, 0.3) is 10.0 Å². The minimum absolute atomic E-state index is 0.257. The molecule has 0 fully saturated rings. The zero-order valence-electron chi connectivity index (χ0n) is 11.1. The van der Waals surface area contributed by atoms with E-state index in [0.717, 1.165) is 34.9 Å². The van der Waals surface area contributed by atoms with Gasteiger partial charge in [-0.2, -0.15) is 0 Å². The molecule has 3 aromatic rings. The maximum Gasteiger partial charge on any atom is 0.262 e. The van der Waals surface area contributed by atoms with Crippen LogP contribution in [-0.2, 0) is 10.0 Å². The van der Waals surface area contributed by atoms with Gasteiger partial charge in [-0.3, -0.25) is 0 Å². The van der Waals surface area contributed by atoms with Crippen LogP contribution in [0, 0.1) is 0 Å². The smallest absolute Gasteiger partial charge is 0.236 e. The van der Waals surface area contributed by atoms with Gasteiger partial charge in [-0.15, -0.1) is 0 Å². The fourth-order valence-electron chi connectivity index (χ4n) is 2.02. The molecule has 110 valence electrons. The molecule has 0 saturated carbocycles. The van der Waals surface area contributed by atoms with Crippen LogP contribution in [0.1, 0.15) is 0 Å². The van der Waals surface area contributed by atoms with Gasteiger partial charge in [0, 0.05) is 23.9 Å². The average Bonchev–Trinajstić information content (AvgIpc) is 2.97. The summed E-state index contributed by atoms with van der Waals surface area (Å²) in [6.07, 6.45) is 0. The van der Waals surface area contributed by atoms with Gasteiger partial charge < -0.3 is 0 Å². The predicted molar refractivity (Wildman–Crippen MR) is 86.7 cm³/mol. The molecular formula is C14H9N3O2S3. The third-order valence-corrected chi connectivity index (χ3v) is 7.74. The minimum atomic E-state index is -3.59. The van der Waals surface area contributed by atoms with E-state index in [1.807, 2.05) is 24.3 Å². The largest absolute Gasteiger partial charge is 0.262 e. The number of fused-ring (bicyclic) bond motifs is 2. The molecule has 2 heterocycles. The first-order valence-corrected chi connectivity index (χ1v) is 9.36. The Balaban J connectivity index is 1.74. The molecule has 0 unspecified atom stereocenters. The van der Waals surface area contributed by atoms with Crippen molar-refractivity contribution < 1.29 is 8.42 Å². The number of para-hydroxylation sites is 2. The summed E-state index contributed by atoms with van der Waals surface area (Å²) in [6, 6.07) is 15.8. The summed E-state index contributed by atoms with van der Waals surface area (Å²) in [6.45, 7) is 0. The van der Waals surface area contributed by atoms with Gasteiger partial charge in [0.1, 0.15) is 10.1 Å². The first kappa shape index (κ1) is 14.0. The van der Waals surface area contributed by atoms with Crippen molar-refractivity contribution in [3.05, 3.63) is 54.6 Å². The maximum absolute atomic E-state index is 12.6. The molecule has 5 nitrogen and oxygen atoms in total. The van der Waals surface area contributed by atoms with Crippen LogP contribution >= 0.6 is 23.9 Å².